The molecule has 112 valence electrons. The van der Waals surface area contributed by atoms with Gasteiger partial charge in [0.15, 0.2) is 0 Å². The van der Waals surface area contributed by atoms with E-state index in [9.17, 15) is 5.11 Å². The number of aryl methyl sites for hydroxylation is 1. The molecule has 0 amide bonds. The van der Waals surface area contributed by atoms with Crippen LogP contribution in [0.5, 0.6) is 11.5 Å². The number of rotatable bonds is 4. The highest BCUT2D eigenvalue weighted by atomic mass is 16.5. The average Bonchev–Trinajstić information content (AvgIpc) is 2.54. The number of ether oxygens (including phenoxy) is 1. The zero-order chi connectivity index (χ0) is 15.5. The Morgan fingerprint density at radius 3 is 2.59 bits per heavy atom. The highest BCUT2D eigenvalue weighted by Gasteiger charge is 2.14. The van der Waals surface area contributed by atoms with Crippen LogP contribution in [0.2, 0.25) is 0 Å². The minimum Gasteiger partial charge on any atom is -0.508 e. The highest BCUT2D eigenvalue weighted by molar-refractivity contribution is 5.78. The fourth-order valence-electron chi connectivity index (χ4n) is 2.89. The van der Waals surface area contributed by atoms with Crippen molar-refractivity contribution in [1.29, 1.82) is 0 Å². The summed E-state index contributed by atoms with van der Waals surface area (Å²) < 4.78 is 5.18. The van der Waals surface area contributed by atoms with Crippen LogP contribution in [0.1, 0.15) is 23.1 Å². The van der Waals surface area contributed by atoms with Crippen molar-refractivity contribution in [1.82, 2.24) is 0 Å². The van der Waals surface area contributed by atoms with Crippen LogP contribution in [0, 0.1) is 0 Å². The van der Waals surface area contributed by atoms with Crippen molar-refractivity contribution in [2.24, 2.45) is 0 Å². The molecule has 22 heavy (non-hydrogen) atoms. The molecule has 0 atom stereocenters. The van der Waals surface area contributed by atoms with Crippen molar-refractivity contribution in [3.8, 4) is 11.5 Å². The van der Waals surface area contributed by atoms with Crippen LogP contribution in [0.15, 0.2) is 60.7 Å². The van der Waals surface area contributed by atoms with E-state index in [1.54, 1.807) is 19.2 Å². The predicted molar refractivity (Wildman–Crippen MR) is 90.2 cm³/mol. The number of hydrogen-bond donors (Lipinski definition) is 1. The van der Waals surface area contributed by atoms with Gasteiger partial charge in [0.2, 0.25) is 0 Å². The summed E-state index contributed by atoms with van der Waals surface area (Å²) in [5.41, 5.74) is 5.99. The first-order chi connectivity index (χ1) is 10.7. The molecule has 0 fully saturated rings. The minimum absolute atomic E-state index is 0.301. The van der Waals surface area contributed by atoms with E-state index in [1.165, 1.54) is 16.7 Å². The van der Waals surface area contributed by atoms with Gasteiger partial charge in [0.05, 0.1) is 7.11 Å². The van der Waals surface area contributed by atoms with Gasteiger partial charge in [0.25, 0.3) is 0 Å². The van der Waals surface area contributed by atoms with Gasteiger partial charge < -0.3 is 9.84 Å². The molecule has 0 radical (unpaired) electrons. The lowest BCUT2D eigenvalue weighted by Gasteiger charge is -2.19. The molecule has 0 aromatic heterocycles. The number of phenolic OH excluding ortho intramolecular Hbond substituents is 1. The Morgan fingerprint density at radius 2 is 1.86 bits per heavy atom. The van der Waals surface area contributed by atoms with Gasteiger partial charge >= 0.3 is 0 Å². The normalized spacial score (nSPS) is 13.5. The number of methoxy groups -OCH3 is 1. The maximum absolute atomic E-state index is 9.59. The molecule has 2 nitrogen and oxygen atoms in total. The van der Waals surface area contributed by atoms with E-state index >= 15 is 0 Å². The van der Waals surface area contributed by atoms with Gasteiger partial charge in [0, 0.05) is 0 Å². The molecule has 1 aliphatic rings. The molecule has 0 saturated heterocycles. The predicted octanol–water partition coefficient (Wildman–Crippen LogP) is 4.53. The van der Waals surface area contributed by atoms with Crippen LogP contribution >= 0.6 is 0 Å². The van der Waals surface area contributed by atoms with Gasteiger partial charge in [-0.15, -0.1) is 0 Å². The Morgan fingerprint density at radius 1 is 1.09 bits per heavy atom. The zero-order valence-corrected chi connectivity index (χ0v) is 12.8. The topological polar surface area (TPSA) is 29.5 Å². The summed E-state index contributed by atoms with van der Waals surface area (Å²) in [4.78, 5) is 0. The van der Waals surface area contributed by atoms with E-state index in [1.807, 2.05) is 18.2 Å². The number of benzene rings is 2. The fourth-order valence-corrected chi connectivity index (χ4v) is 2.89. The molecule has 1 N–H and O–H groups in total. The van der Waals surface area contributed by atoms with Crippen molar-refractivity contribution in [3.63, 3.8) is 0 Å². The molecule has 0 bridgehead atoms. The van der Waals surface area contributed by atoms with E-state index in [0.29, 0.717) is 5.75 Å². The van der Waals surface area contributed by atoms with Crippen LogP contribution in [-0.2, 0) is 12.8 Å². The fraction of sp³-hybridized carbons (Fsp3) is 0.200. The van der Waals surface area contributed by atoms with E-state index < -0.39 is 0 Å². The Kier molecular flexibility index (Phi) is 4.01. The molecular formula is C20H20O2. The molecule has 2 aromatic rings. The van der Waals surface area contributed by atoms with Crippen molar-refractivity contribution in [2.75, 3.05) is 7.11 Å². The summed E-state index contributed by atoms with van der Waals surface area (Å²) >= 11 is 0. The highest BCUT2D eigenvalue weighted by Crippen LogP contribution is 2.32. The third-order valence-electron chi connectivity index (χ3n) is 4.13. The van der Waals surface area contributed by atoms with Gasteiger partial charge in [-0.25, -0.2) is 0 Å². The Balaban J connectivity index is 1.69. The molecule has 0 saturated carbocycles. The molecule has 1 aliphatic carbocycles. The SMILES string of the molecule is C=C1C=C(CCc2ccc(OC)cc2)Cc2ccc(O)cc21. The lowest BCUT2D eigenvalue weighted by Crippen LogP contribution is -2.03. The maximum atomic E-state index is 9.59. The number of phenols is 1. The van der Waals surface area contributed by atoms with Crippen LogP contribution < -0.4 is 4.74 Å². The molecule has 2 heteroatoms. The molecule has 2 aromatic carbocycles. The summed E-state index contributed by atoms with van der Waals surface area (Å²) in [5.74, 6) is 1.19. The molecule has 0 spiro atoms. The first-order valence-electron chi connectivity index (χ1n) is 7.49. The lowest BCUT2D eigenvalue weighted by molar-refractivity contribution is 0.414. The van der Waals surface area contributed by atoms with Crippen molar-refractivity contribution in [2.45, 2.75) is 19.3 Å². The number of hydrogen-bond acceptors (Lipinski definition) is 2. The van der Waals surface area contributed by atoms with Gasteiger partial charge in [-0.1, -0.05) is 36.4 Å². The minimum atomic E-state index is 0.301. The first kappa shape index (κ1) is 14.5. The molecule has 0 aliphatic heterocycles. The molecular weight excluding hydrogens is 272 g/mol. The van der Waals surface area contributed by atoms with Gasteiger partial charge in [0.1, 0.15) is 11.5 Å². The monoisotopic (exact) mass is 292 g/mol. The van der Waals surface area contributed by atoms with Gasteiger partial charge in [-0.3, -0.25) is 0 Å². The largest absolute Gasteiger partial charge is 0.508 e. The summed E-state index contributed by atoms with van der Waals surface area (Å²) in [6.45, 7) is 4.12. The number of allylic oxidation sites excluding steroid dienone is 3. The van der Waals surface area contributed by atoms with Crippen LogP contribution in [0.25, 0.3) is 5.57 Å². The van der Waals surface area contributed by atoms with Crippen molar-refractivity contribution < 1.29 is 9.84 Å². The van der Waals surface area contributed by atoms with Crippen LogP contribution in [-0.4, -0.2) is 12.2 Å². The van der Waals surface area contributed by atoms with Crippen LogP contribution in [0.4, 0.5) is 0 Å². The van der Waals surface area contributed by atoms with E-state index in [-0.39, 0.29) is 0 Å². The molecule has 0 heterocycles. The Hall–Kier alpha value is -2.48. The molecule has 0 unspecified atom stereocenters. The maximum Gasteiger partial charge on any atom is 0.118 e. The van der Waals surface area contributed by atoms with Crippen LogP contribution in [0.3, 0.4) is 0 Å². The van der Waals surface area contributed by atoms with Gasteiger partial charge in [-0.05, 0) is 65.8 Å². The summed E-state index contributed by atoms with van der Waals surface area (Å²) in [7, 11) is 1.68. The van der Waals surface area contributed by atoms with Crippen molar-refractivity contribution >= 4 is 5.57 Å². The Bertz CT molecular complexity index is 724. The standard InChI is InChI=1S/C20H20O2/c1-14-11-16(12-17-7-8-18(21)13-20(14)17)4-3-15-5-9-19(22-2)10-6-15/h5-11,13,21H,1,3-4,12H2,2H3. The quantitative estimate of drug-likeness (QED) is 0.897. The summed E-state index contributed by atoms with van der Waals surface area (Å²) in [6.07, 6.45) is 5.12. The second-order valence-corrected chi connectivity index (χ2v) is 5.69. The number of fused-ring (bicyclic) bond motifs is 1. The van der Waals surface area contributed by atoms with E-state index in [0.717, 1.165) is 36.1 Å². The Labute approximate surface area is 131 Å². The summed E-state index contributed by atoms with van der Waals surface area (Å²) in [5, 5.41) is 9.59. The lowest BCUT2D eigenvalue weighted by atomic mass is 9.86. The molecule has 3 rings (SSSR count). The first-order valence-corrected chi connectivity index (χ1v) is 7.49. The zero-order valence-electron chi connectivity index (χ0n) is 12.8. The van der Waals surface area contributed by atoms with Gasteiger partial charge in [-0.2, -0.15) is 0 Å². The number of aromatic hydroxyl groups is 1. The smallest absolute Gasteiger partial charge is 0.118 e. The second-order valence-electron chi connectivity index (χ2n) is 5.69. The third-order valence-corrected chi connectivity index (χ3v) is 4.13. The third kappa shape index (κ3) is 3.06. The second kappa shape index (κ2) is 6.10. The van der Waals surface area contributed by atoms with E-state index in [2.05, 4.69) is 24.8 Å². The van der Waals surface area contributed by atoms with Crippen molar-refractivity contribution in [3.05, 3.63) is 77.4 Å². The van der Waals surface area contributed by atoms with E-state index in [4.69, 9.17) is 4.74 Å². The average molecular weight is 292 g/mol. The summed E-state index contributed by atoms with van der Waals surface area (Å²) in [6, 6.07) is 13.8.